The van der Waals surface area contributed by atoms with Crippen molar-refractivity contribution in [2.75, 3.05) is 13.1 Å². The predicted molar refractivity (Wildman–Crippen MR) is 94.3 cm³/mol. The number of carboxylic acid groups (broad SMARTS) is 1. The molecule has 0 spiro atoms. The van der Waals surface area contributed by atoms with Crippen LogP contribution in [0.2, 0.25) is 0 Å². The van der Waals surface area contributed by atoms with E-state index in [1.54, 1.807) is 4.90 Å². The van der Waals surface area contributed by atoms with Gasteiger partial charge in [0.2, 0.25) is 5.78 Å². The highest BCUT2D eigenvalue weighted by Crippen LogP contribution is 2.24. The van der Waals surface area contributed by atoms with Crippen molar-refractivity contribution in [2.24, 2.45) is 5.92 Å². The van der Waals surface area contributed by atoms with E-state index >= 15 is 0 Å². The maximum Gasteiger partial charge on any atom is 0.410 e. The molecule has 0 unspecified atom stereocenters. The number of amides is 2. The summed E-state index contributed by atoms with van der Waals surface area (Å²) < 4.78 is 5.35. The van der Waals surface area contributed by atoms with Crippen molar-refractivity contribution in [3.63, 3.8) is 0 Å². The minimum Gasteiger partial charge on any atom is -0.478 e. The van der Waals surface area contributed by atoms with Crippen molar-refractivity contribution >= 4 is 23.8 Å². The molecule has 1 fully saturated rings. The lowest BCUT2D eigenvalue weighted by molar-refractivity contribution is -0.137. The summed E-state index contributed by atoms with van der Waals surface area (Å²) in [6.45, 7) is 6.77. The Bertz CT molecular complexity index is 557. The van der Waals surface area contributed by atoms with Gasteiger partial charge in [0.15, 0.2) is 0 Å². The Morgan fingerprint density at radius 2 is 1.81 bits per heavy atom. The molecular formula is C18H28N2O6. The summed E-state index contributed by atoms with van der Waals surface area (Å²) in [7, 11) is 0. The molecule has 1 aliphatic rings. The lowest BCUT2D eigenvalue weighted by atomic mass is 9.91. The molecule has 0 atom stereocenters. The summed E-state index contributed by atoms with van der Waals surface area (Å²) in [6.07, 6.45) is 4.62. The van der Waals surface area contributed by atoms with E-state index in [0.29, 0.717) is 25.4 Å². The maximum absolute atomic E-state index is 12.0. The number of rotatable bonds is 7. The van der Waals surface area contributed by atoms with Gasteiger partial charge in [-0.2, -0.15) is 0 Å². The van der Waals surface area contributed by atoms with Crippen molar-refractivity contribution < 1.29 is 29.0 Å². The Labute approximate surface area is 153 Å². The highest BCUT2D eigenvalue weighted by Gasteiger charge is 2.26. The number of nitrogens with one attached hydrogen (secondary N) is 1. The summed E-state index contributed by atoms with van der Waals surface area (Å²) in [4.78, 5) is 47.1. The second-order valence-electron chi connectivity index (χ2n) is 7.37. The number of carboxylic acids is 1. The van der Waals surface area contributed by atoms with Gasteiger partial charge in [-0.05, 0) is 52.4 Å². The van der Waals surface area contributed by atoms with Crippen LogP contribution in [-0.2, 0) is 19.1 Å². The van der Waals surface area contributed by atoms with Crippen LogP contribution in [0.1, 0.15) is 52.9 Å². The van der Waals surface area contributed by atoms with Crippen molar-refractivity contribution in [1.82, 2.24) is 10.2 Å². The largest absolute Gasteiger partial charge is 0.478 e. The molecule has 26 heavy (non-hydrogen) atoms. The first-order valence-corrected chi connectivity index (χ1v) is 8.79. The van der Waals surface area contributed by atoms with E-state index < -0.39 is 23.3 Å². The van der Waals surface area contributed by atoms with Gasteiger partial charge in [-0.1, -0.05) is 0 Å². The highest BCUT2D eigenvalue weighted by atomic mass is 16.6. The van der Waals surface area contributed by atoms with Crippen LogP contribution in [0.5, 0.6) is 0 Å². The van der Waals surface area contributed by atoms with Crippen LogP contribution in [-0.4, -0.2) is 52.4 Å². The summed E-state index contributed by atoms with van der Waals surface area (Å²) in [5.41, 5.74) is -0.505. The topological polar surface area (TPSA) is 113 Å². The number of hydrogen-bond acceptors (Lipinski definition) is 5. The predicted octanol–water partition coefficient (Wildman–Crippen LogP) is 2.09. The fourth-order valence-corrected chi connectivity index (χ4v) is 2.66. The van der Waals surface area contributed by atoms with Gasteiger partial charge in [-0.15, -0.1) is 0 Å². The highest BCUT2D eigenvalue weighted by molar-refractivity contribution is 6.36. The van der Waals surface area contributed by atoms with Gasteiger partial charge in [0.1, 0.15) is 5.60 Å². The molecule has 8 nitrogen and oxygen atoms in total. The van der Waals surface area contributed by atoms with Crippen LogP contribution in [0.15, 0.2) is 12.3 Å². The SMILES string of the molecule is CC(C)(C)OC(=O)N1CCC(CCCC(=O)C(=O)N/C=C/C(=O)O)CC1. The molecule has 2 N–H and O–H groups in total. The first kappa shape index (κ1) is 21.7. The monoisotopic (exact) mass is 368 g/mol. The van der Waals surface area contributed by atoms with E-state index in [0.717, 1.165) is 31.5 Å². The first-order valence-electron chi connectivity index (χ1n) is 8.79. The molecule has 8 heteroatoms. The normalized spacial score (nSPS) is 15.7. The van der Waals surface area contributed by atoms with E-state index in [-0.39, 0.29) is 12.5 Å². The van der Waals surface area contributed by atoms with Gasteiger partial charge < -0.3 is 20.1 Å². The molecule has 0 aromatic carbocycles. The fraction of sp³-hybridized carbons (Fsp3) is 0.667. The third kappa shape index (κ3) is 8.64. The number of nitrogens with zero attached hydrogens (tertiary/aromatic N) is 1. The second kappa shape index (κ2) is 9.94. The third-order valence-electron chi connectivity index (χ3n) is 3.98. The number of carbonyl (C=O) groups is 4. The second-order valence-corrected chi connectivity index (χ2v) is 7.37. The average Bonchev–Trinajstić information content (AvgIpc) is 2.53. The number of hydrogen-bond donors (Lipinski definition) is 2. The van der Waals surface area contributed by atoms with Gasteiger partial charge in [0, 0.05) is 31.8 Å². The zero-order chi connectivity index (χ0) is 19.7. The van der Waals surface area contributed by atoms with E-state index in [4.69, 9.17) is 9.84 Å². The Morgan fingerprint density at radius 1 is 1.19 bits per heavy atom. The van der Waals surface area contributed by atoms with Crippen LogP contribution in [0.4, 0.5) is 4.79 Å². The van der Waals surface area contributed by atoms with E-state index in [2.05, 4.69) is 5.32 Å². The molecule has 2 amide bonds. The summed E-state index contributed by atoms with van der Waals surface area (Å²) in [5.74, 6) is -2.15. The fourth-order valence-electron chi connectivity index (χ4n) is 2.66. The molecule has 0 saturated carbocycles. The summed E-state index contributed by atoms with van der Waals surface area (Å²) in [5, 5.41) is 10.5. The molecule has 1 heterocycles. The van der Waals surface area contributed by atoms with Gasteiger partial charge in [-0.25, -0.2) is 9.59 Å². The molecule has 1 rings (SSSR count). The van der Waals surface area contributed by atoms with Crippen molar-refractivity contribution in [3.05, 3.63) is 12.3 Å². The van der Waals surface area contributed by atoms with Gasteiger partial charge in [0.25, 0.3) is 5.91 Å². The number of ether oxygens (including phenoxy) is 1. The number of carbonyl (C=O) groups excluding carboxylic acids is 3. The van der Waals surface area contributed by atoms with E-state index in [1.165, 1.54) is 0 Å². The number of Topliss-reactive ketones (excluding diaryl/α,β-unsaturated/α-hetero) is 1. The smallest absolute Gasteiger partial charge is 0.410 e. The molecule has 1 saturated heterocycles. The summed E-state index contributed by atoms with van der Waals surface area (Å²) >= 11 is 0. The summed E-state index contributed by atoms with van der Waals surface area (Å²) in [6, 6.07) is 0. The van der Waals surface area contributed by atoms with E-state index in [9.17, 15) is 19.2 Å². The first-order chi connectivity index (χ1) is 12.1. The average molecular weight is 368 g/mol. The molecular weight excluding hydrogens is 340 g/mol. The van der Waals surface area contributed by atoms with Gasteiger partial charge >= 0.3 is 12.1 Å². The number of likely N-dealkylation sites (tertiary alicyclic amines) is 1. The quantitative estimate of drug-likeness (QED) is 0.525. The maximum atomic E-state index is 12.0. The Balaban J connectivity index is 2.24. The minimum atomic E-state index is -1.20. The number of ketones is 1. The van der Waals surface area contributed by atoms with Crippen LogP contribution < -0.4 is 5.32 Å². The Kier molecular flexibility index (Phi) is 8.28. The molecule has 0 aromatic rings. The molecule has 0 bridgehead atoms. The van der Waals surface area contributed by atoms with Crippen LogP contribution >= 0.6 is 0 Å². The lowest BCUT2D eigenvalue weighted by Gasteiger charge is -2.33. The lowest BCUT2D eigenvalue weighted by Crippen LogP contribution is -2.41. The van der Waals surface area contributed by atoms with E-state index in [1.807, 2.05) is 20.8 Å². The van der Waals surface area contributed by atoms with Crippen molar-refractivity contribution in [1.29, 1.82) is 0 Å². The number of aliphatic carboxylic acids is 1. The molecule has 0 radical (unpaired) electrons. The van der Waals surface area contributed by atoms with Gasteiger partial charge in [-0.3, -0.25) is 9.59 Å². The standard InChI is InChI=1S/C18H28N2O6/c1-18(2,3)26-17(25)20-11-8-13(9-12-20)5-4-6-14(21)16(24)19-10-7-15(22)23/h7,10,13H,4-6,8-9,11-12H2,1-3H3,(H,19,24)(H,22,23)/b10-7+. The van der Waals surface area contributed by atoms with Crippen LogP contribution in [0, 0.1) is 5.92 Å². The Hall–Kier alpha value is -2.38. The molecule has 0 aromatic heterocycles. The van der Waals surface area contributed by atoms with Crippen molar-refractivity contribution in [2.45, 2.75) is 58.5 Å². The molecule has 0 aliphatic carbocycles. The zero-order valence-electron chi connectivity index (χ0n) is 15.6. The minimum absolute atomic E-state index is 0.124. The van der Waals surface area contributed by atoms with Gasteiger partial charge in [0.05, 0.1) is 0 Å². The van der Waals surface area contributed by atoms with Crippen LogP contribution in [0.25, 0.3) is 0 Å². The third-order valence-corrected chi connectivity index (χ3v) is 3.98. The molecule has 146 valence electrons. The zero-order valence-corrected chi connectivity index (χ0v) is 15.6. The van der Waals surface area contributed by atoms with Crippen molar-refractivity contribution in [3.8, 4) is 0 Å². The number of piperidine rings is 1. The molecule has 1 aliphatic heterocycles. The Morgan fingerprint density at radius 3 is 2.35 bits per heavy atom. The van der Waals surface area contributed by atoms with Crippen LogP contribution in [0.3, 0.4) is 0 Å².